The number of oxazole rings is 1. The van der Waals surface area contributed by atoms with E-state index in [2.05, 4.69) is 4.98 Å². The van der Waals surface area contributed by atoms with Crippen LogP contribution in [0.15, 0.2) is 28.9 Å². The number of nitrogens with zero attached hydrogens (tertiary/aromatic N) is 2. The summed E-state index contributed by atoms with van der Waals surface area (Å²) < 4.78 is 7.37. The van der Waals surface area contributed by atoms with Gasteiger partial charge in [0.15, 0.2) is 18.3 Å². The lowest BCUT2D eigenvalue weighted by Gasteiger charge is -1.94. The summed E-state index contributed by atoms with van der Waals surface area (Å²) in [6.07, 6.45) is 4.00. The van der Waals surface area contributed by atoms with Crippen molar-refractivity contribution in [1.82, 2.24) is 4.98 Å². The first-order valence-corrected chi connectivity index (χ1v) is 4.56. The van der Waals surface area contributed by atoms with E-state index in [1.807, 2.05) is 50.0 Å². The highest BCUT2D eigenvalue weighted by atomic mass is 127. The molecule has 0 unspecified atom stereocenters. The zero-order valence-corrected chi connectivity index (χ0v) is 11.1. The van der Waals surface area contributed by atoms with Gasteiger partial charge < -0.3 is 28.4 Å². The molecule has 80 valence electrons. The molecule has 2 aromatic rings. The molecule has 15 heavy (non-hydrogen) atoms. The van der Waals surface area contributed by atoms with E-state index < -0.39 is 0 Å². The summed E-state index contributed by atoms with van der Waals surface area (Å²) in [5.74, 6) is 1.59. The average Bonchev–Trinajstić information content (AvgIpc) is 2.47. The Labute approximate surface area is 106 Å². The monoisotopic (exact) mass is 316 g/mol. The van der Waals surface area contributed by atoms with Crippen molar-refractivity contribution in [3.8, 4) is 11.3 Å². The SMILES string of the molecule is Cc1nc(-c2cc[n+](C)cc2)c(C)o1.[I-]. The van der Waals surface area contributed by atoms with Crippen LogP contribution in [0.25, 0.3) is 11.3 Å². The van der Waals surface area contributed by atoms with Gasteiger partial charge in [-0.15, -0.1) is 0 Å². The number of hydrogen-bond acceptors (Lipinski definition) is 2. The van der Waals surface area contributed by atoms with E-state index in [9.17, 15) is 0 Å². The van der Waals surface area contributed by atoms with Crippen LogP contribution in [0.5, 0.6) is 0 Å². The largest absolute Gasteiger partial charge is 1.00 e. The molecule has 0 aliphatic carbocycles. The maximum absolute atomic E-state index is 5.38. The highest BCUT2D eigenvalue weighted by molar-refractivity contribution is 5.59. The molecule has 2 aromatic heterocycles. The van der Waals surface area contributed by atoms with Crippen molar-refractivity contribution in [1.29, 1.82) is 0 Å². The van der Waals surface area contributed by atoms with Crippen LogP contribution in [-0.2, 0) is 7.05 Å². The van der Waals surface area contributed by atoms with E-state index in [0.717, 1.165) is 17.0 Å². The second kappa shape index (κ2) is 4.74. The molecule has 0 fully saturated rings. The maximum Gasteiger partial charge on any atom is 0.191 e. The summed E-state index contributed by atoms with van der Waals surface area (Å²) in [6.45, 7) is 3.79. The molecule has 0 radical (unpaired) electrons. The molecular weight excluding hydrogens is 303 g/mol. The molecule has 0 aliphatic rings. The summed E-state index contributed by atoms with van der Waals surface area (Å²) in [5.41, 5.74) is 2.03. The fourth-order valence-corrected chi connectivity index (χ4v) is 1.46. The van der Waals surface area contributed by atoms with Crippen molar-refractivity contribution < 1.29 is 33.0 Å². The Morgan fingerprint density at radius 3 is 2.27 bits per heavy atom. The molecule has 0 atom stereocenters. The van der Waals surface area contributed by atoms with Gasteiger partial charge in [-0.2, -0.15) is 0 Å². The van der Waals surface area contributed by atoms with Gasteiger partial charge in [0.1, 0.15) is 18.5 Å². The lowest BCUT2D eigenvalue weighted by atomic mass is 10.2. The third-order valence-corrected chi connectivity index (χ3v) is 2.16. The number of rotatable bonds is 1. The molecule has 0 spiro atoms. The van der Waals surface area contributed by atoms with Crippen molar-refractivity contribution in [3.05, 3.63) is 36.2 Å². The minimum atomic E-state index is 0. The zero-order chi connectivity index (χ0) is 10.1. The first kappa shape index (κ1) is 12.2. The second-order valence-electron chi connectivity index (χ2n) is 3.39. The van der Waals surface area contributed by atoms with Gasteiger partial charge in [-0.3, -0.25) is 0 Å². The first-order chi connectivity index (χ1) is 6.66. The smallest absolute Gasteiger partial charge is 0.191 e. The fraction of sp³-hybridized carbons (Fsp3) is 0.273. The van der Waals surface area contributed by atoms with Crippen LogP contribution in [0.4, 0.5) is 0 Å². The Kier molecular flexibility index (Phi) is 3.84. The number of hydrogen-bond donors (Lipinski definition) is 0. The van der Waals surface area contributed by atoms with Crippen LogP contribution in [0.3, 0.4) is 0 Å². The number of aryl methyl sites for hydroxylation is 3. The Bertz CT molecular complexity index is 448. The van der Waals surface area contributed by atoms with Gasteiger partial charge in [0.2, 0.25) is 0 Å². The topological polar surface area (TPSA) is 29.9 Å². The molecule has 4 heteroatoms. The number of halogens is 1. The molecule has 2 rings (SSSR count). The number of pyridine rings is 1. The lowest BCUT2D eigenvalue weighted by Crippen LogP contribution is -3.00. The predicted octanol–water partition coefficient (Wildman–Crippen LogP) is -1.21. The highest BCUT2D eigenvalue weighted by Crippen LogP contribution is 2.21. The minimum absolute atomic E-state index is 0. The van der Waals surface area contributed by atoms with Crippen LogP contribution in [-0.4, -0.2) is 4.98 Å². The van der Waals surface area contributed by atoms with Crippen LogP contribution in [0.2, 0.25) is 0 Å². The summed E-state index contributed by atoms with van der Waals surface area (Å²) in [6, 6.07) is 4.06. The second-order valence-corrected chi connectivity index (χ2v) is 3.39. The van der Waals surface area contributed by atoms with Gasteiger partial charge >= 0.3 is 0 Å². The Hall–Kier alpha value is -0.910. The molecule has 3 nitrogen and oxygen atoms in total. The first-order valence-electron chi connectivity index (χ1n) is 4.56. The van der Waals surface area contributed by atoms with Crippen molar-refractivity contribution in [3.63, 3.8) is 0 Å². The molecule has 0 bridgehead atoms. The molecule has 0 aromatic carbocycles. The standard InChI is InChI=1S/C11H13N2O.HI/c1-8-11(12-9(2)14-8)10-4-6-13(3)7-5-10;/h4-7H,1-3H3;1H/q+1;/p-1. The molecule has 0 saturated carbocycles. The van der Waals surface area contributed by atoms with Crippen molar-refractivity contribution in [2.75, 3.05) is 0 Å². The van der Waals surface area contributed by atoms with Gasteiger partial charge in [-0.25, -0.2) is 9.55 Å². The van der Waals surface area contributed by atoms with E-state index in [1.54, 1.807) is 0 Å². The van der Waals surface area contributed by atoms with E-state index >= 15 is 0 Å². The quantitative estimate of drug-likeness (QED) is 0.488. The zero-order valence-electron chi connectivity index (χ0n) is 8.99. The van der Waals surface area contributed by atoms with E-state index in [4.69, 9.17) is 4.42 Å². The van der Waals surface area contributed by atoms with Crippen LogP contribution >= 0.6 is 0 Å². The molecule has 2 heterocycles. The van der Waals surface area contributed by atoms with E-state index in [1.165, 1.54) is 0 Å². The van der Waals surface area contributed by atoms with Gasteiger partial charge in [0, 0.05) is 24.6 Å². The fourth-order valence-electron chi connectivity index (χ4n) is 1.46. The average molecular weight is 316 g/mol. The third kappa shape index (κ3) is 2.56. The van der Waals surface area contributed by atoms with Crippen molar-refractivity contribution >= 4 is 0 Å². The van der Waals surface area contributed by atoms with Gasteiger partial charge in [-0.05, 0) is 6.92 Å². The maximum atomic E-state index is 5.38. The number of aromatic nitrogens is 2. The molecular formula is C11H13IN2O. The summed E-state index contributed by atoms with van der Waals surface area (Å²) in [4.78, 5) is 4.33. The molecule has 0 saturated heterocycles. The van der Waals surface area contributed by atoms with Gasteiger partial charge in [0.25, 0.3) is 0 Å². The minimum Gasteiger partial charge on any atom is -1.00 e. The van der Waals surface area contributed by atoms with Crippen molar-refractivity contribution in [2.24, 2.45) is 7.05 Å². The molecule has 0 amide bonds. The van der Waals surface area contributed by atoms with Crippen molar-refractivity contribution in [2.45, 2.75) is 13.8 Å². The van der Waals surface area contributed by atoms with Crippen LogP contribution in [0, 0.1) is 13.8 Å². The lowest BCUT2D eigenvalue weighted by molar-refractivity contribution is -0.671. The summed E-state index contributed by atoms with van der Waals surface area (Å²) in [7, 11) is 1.99. The predicted molar refractivity (Wildman–Crippen MR) is 52.6 cm³/mol. The molecule has 0 aliphatic heterocycles. The van der Waals surface area contributed by atoms with E-state index in [-0.39, 0.29) is 24.0 Å². The molecule has 0 N–H and O–H groups in total. The van der Waals surface area contributed by atoms with Crippen LogP contribution < -0.4 is 28.5 Å². The third-order valence-electron chi connectivity index (χ3n) is 2.16. The summed E-state index contributed by atoms with van der Waals surface area (Å²) >= 11 is 0. The Morgan fingerprint density at radius 2 is 1.80 bits per heavy atom. The summed E-state index contributed by atoms with van der Waals surface area (Å²) in [5, 5.41) is 0. The van der Waals surface area contributed by atoms with Crippen LogP contribution in [0.1, 0.15) is 11.7 Å². The van der Waals surface area contributed by atoms with E-state index in [0.29, 0.717) is 5.89 Å². The van der Waals surface area contributed by atoms with Gasteiger partial charge in [-0.1, -0.05) is 0 Å². The van der Waals surface area contributed by atoms with Gasteiger partial charge in [0.05, 0.1) is 0 Å². The highest BCUT2D eigenvalue weighted by Gasteiger charge is 2.09. The normalized spacial score (nSPS) is 9.80. The Balaban J connectivity index is 0.00000112. The Morgan fingerprint density at radius 1 is 1.20 bits per heavy atom.